The van der Waals surface area contributed by atoms with Crippen molar-refractivity contribution in [3.63, 3.8) is 0 Å². The molecule has 0 radical (unpaired) electrons. The fraction of sp³-hybridized carbons (Fsp3) is 0.857. The van der Waals surface area contributed by atoms with Crippen LogP contribution in [0.5, 0.6) is 0 Å². The largest absolute Gasteiger partial charge is 0.352 e. The molecule has 3 nitrogen and oxygen atoms in total. The molecule has 0 saturated heterocycles. The van der Waals surface area contributed by atoms with Crippen LogP contribution in [0.15, 0.2) is 0 Å². The van der Waals surface area contributed by atoms with E-state index in [2.05, 4.69) is 25.2 Å². The average Bonchev–Trinajstić information content (AvgIpc) is 2.25. The summed E-state index contributed by atoms with van der Waals surface area (Å²) in [7, 11) is 0. The number of nitriles is 1. The summed E-state index contributed by atoms with van der Waals surface area (Å²) in [5.74, 6) is -0.0270. The van der Waals surface area contributed by atoms with Gasteiger partial charge in [0.1, 0.15) is 5.41 Å². The van der Waals surface area contributed by atoms with Crippen molar-refractivity contribution in [3.8, 4) is 6.07 Å². The second-order valence-corrected chi connectivity index (χ2v) is 5.15. The second kappa shape index (κ2) is 6.64. The zero-order valence-corrected chi connectivity index (χ0v) is 11.1. The molecule has 0 spiro atoms. The van der Waals surface area contributed by atoms with Crippen molar-refractivity contribution >= 4 is 5.91 Å². The minimum atomic E-state index is -0.696. The number of carbonyl (C=O) groups is 1. The molecule has 0 aromatic rings. The Morgan fingerprint density at radius 1 is 1.35 bits per heavy atom. The van der Waals surface area contributed by atoms with Gasteiger partial charge in [-0.15, -0.1) is 0 Å². The molecule has 0 bridgehead atoms. The number of rotatable bonds is 7. The molecule has 1 aliphatic carbocycles. The smallest absolute Gasteiger partial charge is 0.240 e. The van der Waals surface area contributed by atoms with E-state index in [4.69, 9.17) is 5.26 Å². The molecule has 3 heteroatoms. The maximum atomic E-state index is 12.1. The van der Waals surface area contributed by atoms with Crippen LogP contribution < -0.4 is 5.32 Å². The Balaban J connectivity index is 2.48. The fourth-order valence-corrected chi connectivity index (χ4v) is 2.33. The standard InChI is InChI=1S/C14H24N2O/c1-3-5-8-12(7-4-2)16-13(17)14(11-15)9-6-10-14/h12H,3-10H2,1-2H3,(H,16,17). The Morgan fingerprint density at radius 3 is 2.47 bits per heavy atom. The highest BCUT2D eigenvalue weighted by Crippen LogP contribution is 2.40. The van der Waals surface area contributed by atoms with Gasteiger partial charge in [-0.1, -0.05) is 33.1 Å². The van der Waals surface area contributed by atoms with Gasteiger partial charge in [0.05, 0.1) is 6.07 Å². The molecule has 1 saturated carbocycles. The Morgan fingerprint density at radius 2 is 2.06 bits per heavy atom. The van der Waals surface area contributed by atoms with Gasteiger partial charge in [0.15, 0.2) is 0 Å². The van der Waals surface area contributed by atoms with Crippen LogP contribution in [0, 0.1) is 16.7 Å². The number of nitrogens with one attached hydrogen (secondary N) is 1. The van der Waals surface area contributed by atoms with E-state index in [1.165, 1.54) is 0 Å². The molecule has 0 aromatic carbocycles. The molecule has 0 aliphatic heterocycles. The average molecular weight is 236 g/mol. The highest BCUT2D eigenvalue weighted by molar-refractivity contribution is 5.86. The summed E-state index contributed by atoms with van der Waals surface area (Å²) in [5, 5.41) is 12.2. The normalized spacial score (nSPS) is 18.9. The van der Waals surface area contributed by atoms with E-state index in [9.17, 15) is 4.79 Å². The number of carbonyl (C=O) groups excluding carboxylic acids is 1. The van der Waals surface area contributed by atoms with Gasteiger partial charge in [-0.05, 0) is 32.1 Å². The zero-order chi connectivity index (χ0) is 12.7. The molecule has 1 atom stereocenters. The van der Waals surface area contributed by atoms with E-state index >= 15 is 0 Å². The fourth-order valence-electron chi connectivity index (χ4n) is 2.33. The van der Waals surface area contributed by atoms with Crippen molar-refractivity contribution in [1.82, 2.24) is 5.32 Å². The molecule has 0 heterocycles. The summed E-state index contributed by atoms with van der Waals surface area (Å²) >= 11 is 0. The second-order valence-electron chi connectivity index (χ2n) is 5.15. The van der Waals surface area contributed by atoms with E-state index in [1.54, 1.807) is 0 Å². The summed E-state index contributed by atoms with van der Waals surface area (Å²) in [6, 6.07) is 2.47. The van der Waals surface area contributed by atoms with Crippen LogP contribution >= 0.6 is 0 Å². The lowest BCUT2D eigenvalue weighted by Gasteiger charge is -2.35. The van der Waals surface area contributed by atoms with Crippen molar-refractivity contribution in [1.29, 1.82) is 5.26 Å². The van der Waals surface area contributed by atoms with Crippen molar-refractivity contribution < 1.29 is 4.79 Å². The van der Waals surface area contributed by atoms with Crippen LogP contribution in [0.3, 0.4) is 0 Å². The molecule has 1 rings (SSSR count). The molecule has 17 heavy (non-hydrogen) atoms. The summed E-state index contributed by atoms with van der Waals surface area (Å²) in [6.07, 6.45) is 7.92. The molecule has 1 fully saturated rings. The van der Waals surface area contributed by atoms with Crippen LogP contribution in [0.25, 0.3) is 0 Å². The van der Waals surface area contributed by atoms with E-state index in [-0.39, 0.29) is 11.9 Å². The number of unbranched alkanes of at least 4 members (excludes halogenated alkanes) is 1. The first-order valence-electron chi connectivity index (χ1n) is 6.90. The molecular weight excluding hydrogens is 212 g/mol. The highest BCUT2D eigenvalue weighted by atomic mass is 16.2. The predicted octanol–water partition coefficient (Wildman–Crippen LogP) is 3.16. The number of amides is 1. The van der Waals surface area contributed by atoms with Crippen molar-refractivity contribution in [2.75, 3.05) is 0 Å². The van der Waals surface area contributed by atoms with Gasteiger partial charge in [-0.3, -0.25) is 4.79 Å². The summed E-state index contributed by atoms with van der Waals surface area (Å²) < 4.78 is 0. The molecular formula is C14H24N2O. The Labute approximate surface area is 105 Å². The van der Waals surface area contributed by atoms with E-state index in [0.29, 0.717) is 0 Å². The molecule has 1 aliphatic rings. The van der Waals surface area contributed by atoms with Gasteiger partial charge in [0.25, 0.3) is 0 Å². The third kappa shape index (κ3) is 3.46. The molecule has 1 N–H and O–H groups in total. The van der Waals surface area contributed by atoms with Crippen LogP contribution in [-0.4, -0.2) is 11.9 Å². The van der Waals surface area contributed by atoms with Gasteiger partial charge >= 0.3 is 0 Å². The van der Waals surface area contributed by atoms with Crippen LogP contribution in [0.2, 0.25) is 0 Å². The van der Waals surface area contributed by atoms with Crippen molar-refractivity contribution in [2.24, 2.45) is 5.41 Å². The van der Waals surface area contributed by atoms with E-state index < -0.39 is 5.41 Å². The first kappa shape index (κ1) is 14.0. The minimum absolute atomic E-state index is 0.0270. The summed E-state index contributed by atoms with van der Waals surface area (Å²) in [5.41, 5.74) is -0.696. The summed E-state index contributed by atoms with van der Waals surface area (Å²) in [6.45, 7) is 4.29. The minimum Gasteiger partial charge on any atom is -0.352 e. The van der Waals surface area contributed by atoms with Crippen molar-refractivity contribution in [3.05, 3.63) is 0 Å². The Bertz CT molecular complexity index is 289. The van der Waals surface area contributed by atoms with Gasteiger partial charge in [-0.25, -0.2) is 0 Å². The molecule has 0 aromatic heterocycles. The monoisotopic (exact) mass is 236 g/mol. The maximum Gasteiger partial charge on any atom is 0.240 e. The first-order valence-corrected chi connectivity index (χ1v) is 6.90. The molecule has 1 amide bonds. The third-order valence-electron chi connectivity index (χ3n) is 3.73. The lowest BCUT2D eigenvalue weighted by atomic mass is 9.69. The Hall–Kier alpha value is -1.04. The quantitative estimate of drug-likeness (QED) is 0.738. The van der Waals surface area contributed by atoms with Gasteiger partial charge in [0.2, 0.25) is 5.91 Å². The van der Waals surface area contributed by atoms with Crippen LogP contribution in [0.1, 0.15) is 65.2 Å². The van der Waals surface area contributed by atoms with Gasteiger partial charge in [-0.2, -0.15) is 5.26 Å². The molecule has 96 valence electrons. The van der Waals surface area contributed by atoms with Gasteiger partial charge < -0.3 is 5.32 Å². The lowest BCUT2D eigenvalue weighted by molar-refractivity contribution is -0.132. The van der Waals surface area contributed by atoms with Crippen molar-refractivity contribution in [2.45, 2.75) is 71.3 Å². The number of nitrogens with zero attached hydrogens (tertiary/aromatic N) is 1. The third-order valence-corrected chi connectivity index (χ3v) is 3.73. The number of hydrogen-bond acceptors (Lipinski definition) is 2. The number of hydrogen-bond donors (Lipinski definition) is 1. The highest BCUT2D eigenvalue weighted by Gasteiger charge is 2.44. The summed E-state index contributed by atoms with van der Waals surface area (Å²) in [4.78, 5) is 12.1. The lowest BCUT2D eigenvalue weighted by Crippen LogP contribution is -2.48. The topological polar surface area (TPSA) is 52.9 Å². The zero-order valence-electron chi connectivity index (χ0n) is 11.1. The predicted molar refractivity (Wildman–Crippen MR) is 68.3 cm³/mol. The van der Waals surface area contributed by atoms with Gasteiger partial charge in [0, 0.05) is 6.04 Å². The maximum absolute atomic E-state index is 12.1. The van der Waals surface area contributed by atoms with E-state index in [0.717, 1.165) is 51.4 Å². The first-order chi connectivity index (χ1) is 8.18. The molecule has 1 unspecified atom stereocenters. The van der Waals surface area contributed by atoms with E-state index in [1.807, 2.05) is 0 Å². The van der Waals surface area contributed by atoms with Crippen LogP contribution in [0.4, 0.5) is 0 Å². The Kier molecular flexibility index (Phi) is 5.47. The van der Waals surface area contributed by atoms with Crippen LogP contribution in [-0.2, 0) is 4.79 Å². The SMILES string of the molecule is CCCCC(CCC)NC(=O)C1(C#N)CCC1.